The van der Waals surface area contributed by atoms with E-state index in [0.717, 1.165) is 5.44 Å². The largest absolute Gasteiger partial charge is 0.475 e. The Hall–Kier alpha value is 0.424. The summed E-state index contributed by atoms with van der Waals surface area (Å²) in [5, 5.41) is 0. The molecule has 1 unspecified atom stereocenters. The Morgan fingerprint density at radius 2 is 2.25 bits per heavy atom. The average Bonchev–Trinajstić information content (AvgIpc) is 2.18. The Morgan fingerprint density at radius 3 is 2.92 bits per heavy atom. The van der Waals surface area contributed by atoms with E-state index in [-0.39, 0.29) is 40.6 Å². The topological polar surface area (TPSA) is 12.4 Å². The zero-order valence-electron chi connectivity index (χ0n) is 7.28. The van der Waals surface area contributed by atoms with Crippen LogP contribution >= 0.6 is 7.92 Å². The van der Waals surface area contributed by atoms with Crippen molar-refractivity contribution in [3.63, 3.8) is 0 Å². The molecule has 0 aliphatic carbocycles. The molecule has 0 amide bonds. The second-order valence-corrected chi connectivity index (χ2v) is 4.06. The first-order chi connectivity index (χ1) is 5.34. The van der Waals surface area contributed by atoms with Gasteiger partial charge in [0.2, 0.25) is 0 Å². The molecule has 1 nitrogen and oxygen atoms in total. The second kappa shape index (κ2) is 6.89. The molecule has 0 aromatic rings. The van der Waals surface area contributed by atoms with Crippen molar-refractivity contribution < 1.29 is 32.7 Å². The van der Waals surface area contributed by atoms with Gasteiger partial charge in [-0.15, -0.1) is 20.9 Å². The van der Waals surface area contributed by atoms with E-state index in [1.807, 2.05) is 18.2 Å². The van der Waals surface area contributed by atoms with Gasteiger partial charge >= 0.3 is 0 Å². The number of hydrogen-bond acceptors (Lipinski definition) is 1. The number of rotatable bonds is 1. The molecule has 61 valence electrons. The fraction of sp³-hybridized carbons (Fsp3) is 0.222. The Morgan fingerprint density at radius 1 is 1.50 bits per heavy atom. The molecule has 3 heteroatoms. The van der Waals surface area contributed by atoms with Crippen LogP contribution in [-0.2, 0) is 32.7 Å². The molecule has 1 aliphatic heterocycles. The molecule has 1 radical (unpaired) electrons. The monoisotopic (exact) mass is 252 g/mol. The molecule has 0 saturated carbocycles. The van der Waals surface area contributed by atoms with Gasteiger partial charge in [0, 0.05) is 32.7 Å². The van der Waals surface area contributed by atoms with E-state index >= 15 is 0 Å². The van der Waals surface area contributed by atoms with Crippen LogP contribution in [0.5, 0.6) is 0 Å². The van der Waals surface area contributed by atoms with E-state index in [1.165, 1.54) is 0 Å². The van der Waals surface area contributed by atoms with E-state index in [2.05, 4.69) is 29.8 Å². The van der Waals surface area contributed by atoms with Gasteiger partial charge in [-0.1, -0.05) is 12.5 Å². The van der Waals surface area contributed by atoms with Crippen LogP contribution in [0.1, 0.15) is 6.92 Å². The number of nitrogens with zero attached hydrogens (tertiary/aromatic N) is 1. The number of hydrogen-bond donors (Lipinski definition) is 0. The fourth-order valence-corrected chi connectivity index (χ4v) is 1.78. The van der Waals surface area contributed by atoms with E-state index in [9.17, 15) is 0 Å². The van der Waals surface area contributed by atoms with Crippen LogP contribution < -0.4 is 0 Å². The Kier molecular flexibility index (Phi) is 7.13. The first-order valence-corrected chi connectivity index (χ1v) is 5.27. The standard InChI is InChI=1S/C9H10NP.Y/c1-3-10-9-7-5-4-6-8-11(9)2;/h4-6,8H,1-2H3;/q-2;. The van der Waals surface area contributed by atoms with Gasteiger partial charge in [0.25, 0.3) is 0 Å². The molecule has 12 heavy (non-hydrogen) atoms. The van der Waals surface area contributed by atoms with Crippen LogP contribution in [0.15, 0.2) is 34.5 Å². The van der Waals surface area contributed by atoms with Gasteiger partial charge in [-0.3, -0.25) is 6.08 Å². The van der Waals surface area contributed by atoms with Gasteiger partial charge in [0.05, 0.1) is 0 Å². The summed E-state index contributed by atoms with van der Waals surface area (Å²) in [6.45, 7) is 3.96. The fourth-order valence-electron chi connectivity index (χ4n) is 0.746. The van der Waals surface area contributed by atoms with Crippen molar-refractivity contribution in [1.82, 2.24) is 0 Å². The van der Waals surface area contributed by atoms with Crippen molar-refractivity contribution in [1.29, 1.82) is 0 Å². The SMILES string of the molecule is C[C-]=NC1=[C-]C=CC=CP1C.[Y]. The molecule has 0 aromatic carbocycles. The quantitative estimate of drug-likeness (QED) is 0.386. The normalized spacial score (nSPS) is 21.8. The van der Waals surface area contributed by atoms with Crippen LogP contribution in [0.25, 0.3) is 0 Å². The summed E-state index contributed by atoms with van der Waals surface area (Å²) in [4.78, 5) is 4.11. The van der Waals surface area contributed by atoms with Gasteiger partial charge in [-0.05, 0) is 0 Å². The van der Waals surface area contributed by atoms with Crippen LogP contribution in [0.4, 0.5) is 0 Å². The summed E-state index contributed by atoms with van der Waals surface area (Å²) in [5.41, 5.74) is 1.01. The van der Waals surface area contributed by atoms with E-state index in [0.29, 0.717) is 0 Å². The summed E-state index contributed by atoms with van der Waals surface area (Å²) in [6.07, 6.45) is 11.8. The van der Waals surface area contributed by atoms with Crippen LogP contribution in [0.3, 0.4) is 0 Å². The third kappa shape index (κ3) is 3.89. The molecule has 0 fully saturated rings. The predicted octanol–water partition coefficient (Wildman–Crippen LogP) is 2.79. The van der Waals surface area contributed by atoms with Gasteiger partial charge in [-0.2, -0.15) is 11.7 Å². The van der Waals surface area contributed by atoms with Gasteiger partial charge in [-0.25, -0.2) is 6.08 Å². The van der Waals surface area contributed by atoms with Crippen LogP contribution in [-0.4, -0.2) is 12.9 Å². The number of aliphatic imine (C=N–C) groups is 1. The number of allylic oxidation sites excluding steroid dienone is 4. The Bertz CT molecular complexity index is 241. The molecular formula is C9H10NPY-2. The molecule has 0 aromatic heterocycles. The average molecular weight is 252 g/mol. The predicted molar refractivity (Wildman–Crippen MR) is 51.0 cm³/mol. The summed E-state index contributed by atoms with van der Waals surface area (Å²) in [5.74, 6) is 2.15. The van der Waals surface area contributed by atoms with Crippen LogP contribution in [0, 0.1) is 6.08 Å². The zero-order valence-corrected chi connectivity index (χ0v) is 11.0. The summed E-state index contributed by atoms with van der Waals surface area (Å²) in [7, 11) is -0.254. The van der Waals surface area contributed by atoms with Crippen molar-refractivity contribution in [2.45, 2.75) is 6.92 Å². The molecule has 1 atom stereocenters. The summed E-state index contributed by atoms with van der Waals surface area (Å²) < 4.78 is 0. The van der Waals surface area contributed by atoms with Gasteiger partial charge in [0.1, 0.15) is 0 Å². The maximum absolute atomic E-state index is 4.11. The molecular weight excluding hydrogens is 242 g/mol. The second-order valence-electron chi connectivity index (χ2n) is 2.11. The van der Waals surface area contributed by atoms with Gasteiger partial charge in [0.15, 0.2) is 0 Å². The smallest absolute Gasteiger partial charge is 0 e. The maximum atomic E-state index is 4.11. The Balaban J connectivity index is 0.00000121. The zero-order chi connectivity index (χ0) is 8.10. The summed E-state index contributed by atoms with van der Waals surface area (Å²) >= 11 is 0. The van der Waals surface area contributed by atoms with Crippen molar-refractivity contribution in [2.75, 3.05) is 6.66 Å². The maximum Gasteiger partial charge on any atom is 0 e. The van der Waals surface area contributed by atoms with Crippen molar-refractivity contribution in [3.8, 4) is 0 Å². The first kappa shape index (κ1) is 12.4. The molecule has 0 bridgehead atoms. The van der Waals surface area contributed by atoms with E-state index in [4.69, 9.17) is 0 Å². The molecule has 1 aliphatic rings. The molecule has 0 N–H and O–H groups in total. The third-order valence-electron chi connectivity index (χ3n) is 1.28. The minimum atomic E-state index is -0.254. The minimum Gasteiger partial charge on any atom is -0.475 e. The Labute approximate surface area is 100 Å². The molecule has 1 rings (SSSR count). The molecule has 1 heterocycles. The van der Waals surface area contributed by atoms with E-state index < -0.39 is 0 Å². The molecule has 0 spiro atoms. The van der Waals surface area contributed by atoms with Crippen molar-refractivity contribution in [2.24, 2.45) is 4.99 Å². The molecule has 0 saturated heterocycles. The van der Waals surface area contributed by atoms with Crippen molar-refractivity contribution >= 4 is 14.1 Å². The minimum absolute atomic E-state index is 0. The third-order valence-corrected chi connectivity index (χ3v) is 2.80. The van der Waals surface area contributed by atoms with E-state index in [1.54, 1.807) is 6.92 Å². The van der Waals surface area contributed by atoms with Gasteiger partial charge < -0.3 is 11.1 Å². The van der Waals surface area contributed by atoms with Crippen molar-refractivity contribution in [3.05, 3.63) is 35.6 Å². The first-order valence-electron chi connectivity index (χ1n) is 3.41. The van der Waals surface area contributed by atoms with Crippen LogP contribution in [0.2, 0.25) is 0 Å². The summed E-state index contributed by atoms with van der Waals surface area (Å²) in [6, 6.07) is 0.